The number of hydrogen-bond donors (Lipinski definition) is 1. The summed E-state index contributed by atoms with van der Waals surface area (Å²) in [6.45, 7) is 4.32. The van der Waals surface area contributed by atoms with E-state index in [1.165, 1.54) is 37.2 Å². The topological polar surface area (TPSA) is 26.0 Å². The summed E-state index contributed by atoms with van der Waals surface area (Å²) in [5.74, 6) is 2.62. The summed E-state index contributed by atoms with van der Waals surface area (Å²) >= 11 is 2.06. The maximum Gasteiger partial charge on any atom is 0.00107 e. The molecule has 11 heavy (non-hydrogen) atoms. The number of rotatable bonds is 7. The first-order valence-electron chi connectivity index (χ1n) is 4.60. The van der Waals surface area contributed by atoms with Crippen LogP contribution in [-0.4, -0.2) is 17.5 Å². The van der Waals surface area contributed by atoms with Gasteiger partial charge in [0.25, 0.3) is 0 Å². The van der Waals surface area contributed by atoms with Crippen molar-refractivity contribution >= 4 is 11.8 Å². The van der Waals surface area contributed by atoms with Crippen molar-refractivity contribution in [2.45, 2.75) is 45.6 Å². The normalized spacial score (nSPS) is 13.4. The Morgan fingerprint density at radius 2 is 1.91 bits per heavy atom. The number of nitrogens with two attached hydrogens (primary N) is 1. The van der Waals surface area contributed by atoms with E-state index in [0.717, 1.165) is 0 Å². The van der Waals surface area contributed by atoms with Crippen LogP contribution >= 0.6 is 11.8 Å². The fourth-order valence-corrected chi connectivity index (χ4v) is 1.92. The van der Waals surface area contributed by atoms with Gasteiger partial charge >= 0.3 is 0 Å². The maximum atomic E-state index is 5.62. The van der Waals surface area contributed by atoms with Crippen LogP contribution in [0.25, 0.3) is 0 Å². The highest BCUT2D eigenvalue weighted by molar-refractivity contribution is 7.99. The summed E-state index contributed by atoms with van der Waals surface area (Å²) in [7, 11) is 0. The maximum absolute atomic E-state index is 5.62. The van der Waals surface area contributed by atoms with E-state index in [4.69, 9.17) is 5.73 Å². The largest absolute Gasteiger partial charge is 0.328 e. The first-order chi connectivity index (χ1) is 5.27. The van der Waals surface area contributed by atoms with Gasteiger partial charge in [-0.2, -0.15) is 11.8 Å². The molecule has 0 aliphatic carbocycles. The molecule has 0 amide bonds. The minimum absolute atomic E-state index is 0.391. The molecule has 0 aliphatic heterocycles. The van der Waals surface area contributed by atoms with Gasteiger partial charge in [0.05, 0.1) is 0 Å². The van der Waals surface area contributed by atoms with Gasteiger partial charge in [-0.05, 0) is 37.7 Å². The van der Waals surface area contributed by atoms with Gasteiger partial charge in [0, 0.05) is 6.04 Å². The molecule has 0 heterocycles. The van der Waals surface area contributed by atoms with E-state index in [9.17, 15) is 0 Å². The van der Waals surface area contributed by atoms with Crippen LogP contribution in [0.1, 0.15) is 39.5 Å². The smallest absolute Gasteiger partial charge is 0.00107 e. The SMILES string of the molecule is CCCCSCCCC(C)N. The van der Waals surface area contributed by atoms with E-state index in [0.29, 0.717) is 6.04 Å². The van der Waals surface area contributed by atoms with Crippen molar-refractivity contribution < 1.29 is 0 Å². The third-order valence-electron chi connectivity index (χ3n) is 1.59. The van der Waals surface area contributed by atoms with Gasteiger partial charge in [0.15, 0.2) is 0 Å². The quantitative estimate of drug-likeness (QED) is 0.602. The Balaban J connectivity index is 2.80. The molecule has 0 aromatic heterocycles. The zero-order valence-corrected chi connectivity index (χ0v) is 8.62. The monoisotopic (exact) mass is 175 g/mol. The second-order valence-electron chi connectivity index (χ2n) is 3.09. The molecule has 68 valence electrons. The van der Waals surface area contributed by atoms with E-state index in [-0.39, 0.29) is 0 Å². The van der Waals surface area contributed by atoms with Gasteiger partial charge in [0.1, 0.15) is 0 Å². The van der Waals surface area contributed by atoms with Gasteiger partial charge in [-0.3, -0.25) is 0 Å². The molecule has 0 fully saturated rings. The van der Waals surface area contributed by atoms with Crippen LogP contribution in [0, 0.1) is 0 Å². The molecule has 0 aromatic carbocycles. The van der Waals surface area contributed by atoms with Gasteiger partial charge in [-0.1, -0.05) is 13.3 Å². The number of thioether (sulfide) groups is 1. The Morgan fingerprint density at radius 3 is 2.45 bits per heavy atom. The molecule has 0 aliphatic rings. The third kappa shape index (κ3) is 10.3. The number of hydrogen-bond acceptors (Lipinski definition) is 2. The van der Waals surface area contributed by atoms with Crippen LogP contribution in [-0.2, 0) is 0 Å². The lowest BCUT2D eigenvalue weighted by atomic mass is 10.2. The van der Waals surface area contributed by atoms with Crippen molar-refractivity contribution in [1.82, 2.24) is 0 Å². The van der Waals surface area contributed by atoms with Gasteiger partial charge in [-0.15, -0.1) is 0 Å². The van der Waals surface area contributed by atoms with E-state index >= 15 is 0 Å². The summed E-state index contributed by atoms with van der Waals surface area (Å²) in [5.41, 5.74) is 5.62. The first kappa shape index (κ1) is 11.3. The Bertz CT molecular complexity index is 74.0. The summed E-state index contributed by atoms with van der Waals surface area (Å²) in [5, 5.41) is 0. The molecular weight excluding hydrogens is 154 g/mol. The highest BCUT2D eigenvalue weighted by atomic mass is 32.2. The lowest BCUT2D eigenvalue weighted by Gasteiger charge is -2.03. The van der Waals surface area contributed by atoms with Gasteiger partial charge in [-0.25, -0.2) is 0 Å². The fourth-order valence-electron chi connectivity index (χ4n) is 0.856. The summed E-state index contributed by atoms with van der Waals surface area (Å²) in [4.78, 5) is 0. The molecule has 2 heteroatoms. The second-order valence-corrected chi connectivity index (χ2v) is 4.31. The van der Waals surface area contributed by atoms with Crippen molar-refractivity contribution in [3.05, 3.63) is 0 Å². The molecule has 0 rings (SSSR count). The van der Waals surface area contributed by atoms with Crippen molar-refractivity contribution in [3.63, 3.8) is 0 Å². The average Bonchev–Trinajstić information content (AvgIpc) is 1.96. The zero-order valence-electron chi connectivity index (χ0n) is 7.81. The molecule has 0 spiro atoms. The third-order valence-corrected chi connectivity index (χ3v) is 2.75. The summed E-state index contributed by atoms with van der Waals surface area (Å²) in [6.07, 6.45) is 5.15. The molecular formula is C9H21NS. The Morgan fingerprint density at radius 1 is 1.27 bits per heavy atom. The van der Waals surface area contributed by atoms with Gasteiger partial charge in [0.2, 0.25) is 0 Å². The number of unbranched alkanes of at least 4 members (excludes halogenated alkanes) is 1. The lowest BCUT2D eigenvalue weighted by molar-refractivity contribution is 0.656. The summed E-state index contributed by atoms with van der Waals surface area (Å²) in [6, 6.07) is 0.391. The average molecular weight is 175 g/mol. The van der Waals surface area contributed by atoms with Crippen LogP contribution in [0.15, 0.2) is 0 Å². The summed E-state index contributed by atoms with van der Waals surface area (Å²) < 4.78 is 0. The Labute approximate surface area is 75.1 Å². The van der Waals surface area contributed by atoms with E-state index < -0.39 is 0 Å². The minimum atomic E-state index is 0.391. The lowest BCUT2D eigenvalue weighted by Crippen LogP contribution is -2.14. The highest BCUT2D eigenvalue weighted by Gasteiger charge is 1.93. The molecule has 1 unspecified atom stereocenters. The van der Waals surface area contributed by atoms with Crippen LogP contribution in [0.5, 0.6) is 0 Å². The molecule has 0 saturated carbocycles. The zero-order chi connectivity index (χ0) is 8.53. The minimum Gasteiger partial charge on any atom is -0.328 e. The first-order valence-corrected chi connectivity index (χ1v) is 5.76. The fraction of sp³-hybridized carbons (Fsp3) is 1.00. The predicted octanol–water partition coefficient (Wildman–Crippen LogP) is 2.65. The molecule has 0 aromatic rings. The van der Waals surface area contributed by atoms with Crippen molar-refractivity contribution in [2.24, 2.45) is 5.73 Å². The van der Waals surface area contributed by atoms with E-state index in [1.54, 1.807) is 0 Å². The standard InChI is InChI=1S/C9H21NS/c1-3-4-7-11-8-5-6-9(2)10/h9H,3-8,10H2,1-2H3. The van der Waals surface area contributed by atoms with Crippen LogP contribution in [0.2, 0.25) is 0 Å². The van der Waals surface area contributed by atoms with Crippen molar-refractivity contribution in [1.29, 1.82) is 0 Å². The highest BCUT2D eigenvalue weighted by Crippen LogP contribution is 2.07. The van der Waals surface area contributed by atoms with E-state index in [2.05, 4.69) is 25.6 Å². The van der Waals surface area contributed by atoms with Crippen LogP contribution in [0.3, 0.4) is 0 Å². The van der Waals surface area contributed by atoms with Crippen molar-refractivity contribution in [3.8, 4) is 0 Å². The van der Waals surface area contributed by atoms with E-state index in [1.807, 2.05) is 0 Å². The second kappa shape index (κ2) is 8.41. The Kier molecular flexibility index (Phi) is 8.64. The molecule has 0 radical (unpaired) electrons. The Hall–Kier alpha value is 0.310. The molecule has 0 saturated heterocycles. The molecule has 1 atom stereocenters. The van der Waals surface area contributed by atoms with Gasteiger partial charge < -0.3 is 5.73 Å². The predicted molar refractivity (Wildman–Crippen MR) is 55.1 cm³/mol. The molecule has 2 N–H and O–H groups in total. The molecule has 0 bridgehead atoms. The van der Waals surface area contributed by atoms with Crippen molar-refractivity contribution in [2.75, 3.05) is 11.5 Å². The molecule has 1 nitrogen and oxygen atoms in total. The van der Waals surface area contributed by atoms with Crippen LogP contribution in [0.4, 0.5) is 0 Å². The van der Waals surface area contributed by atoms with Crippen LogP contribution < -0.4 is 5.73 Å².